The van der Waals surface area contributed by atoms with Crippen molar-refractivity contribution in [2.75, 3.05) is 13.1 Å². The molecule has 0 spiro atoms. The third-order valence-corrected chi connectivity index (χ3v) is 3.57. The lowest BCUT2D eigenvalue weighted by Gasteiger charge is -2.28. The minimum absolute atomic E-state index is 0.00400. The van der Waals surface area contributed by atoms with Crippen LogP contribution in [0.25, 0.3) is 0 Å². The first-order chi connectivity index (χ1) is 9.77. The van der Waals surface area contributed by atoms with E-state index in [4.69, 9.17) is 5.11 Å². The number of hydrogen-bond acceptors (Lipinski definition) is 2. The molecule has 2 N–H and O–H groups in total. The SMILES string of the molecule is O=C(O)C1C=CC(NC(=O)N2CC=C(C(F)(F)F)CC2)C1. The summed E-state index contributed by atoms with van der Waals surface area (Å²) in [5, 5.41) is 11.4. The number of alkyl halides is 3. The summed E-state index contributed by atoms with van der Waals surface area (Å²) in [6.45, 7) is -0.102. The lowest BCUT2D eigenvalue weighted by atomic mass is 10.1. The summed E-state index contributed by atoms with van der Waals surface area (Å²) in [6.07, 6.45) is -0.199. The molecule has 2 amide bonds. The topological polar surface area (TPSA) is 69.6 Å². The smallest absolute Gasteiger partial charge is 0.412 e. The van der Waals surface area contributed by atoms with Crippen molar-refractivity contribution in [1.29, 1.82) is 0 Å². The van der Waals surface area contributed by atoms with Gasteiger partial charge in [-0.15, -0.1) is 0 Å². The van der Waals surface area contributed by atoms with Crippen LogP contribution in [-0.4, -0.2) is 47.3 Å². The monoisotopic (exact) mass is 304 g/mol. The van der Waals surface area contributed by atoms with Crippen LogP contribution in [0.1, 0.15) is 12.8 Å². The zero-order chi connectivity index (χ0) is 15.6. The molecule has 0 fully saturated rings. The maximum atomic E-state index is 12.5. The van der Waals surface area contributed by atoms with Gasteiger partial charge in [-0.1, -0.05) is 18.2 Å². The van der Waals surface area contributed by atoms with E-state index in [-0.39, 0.29) is 25.9 Å². The Morgan fingerprint density at radius 1 is 1.33 bits per heavy atom. The number of aliphatic carboxylic acids is 1. The van der Waals surface area contributed by atoms with Gasteiger partial charge in [0.05, 0.1) is 12.0 Å². The van der Waals surface area contributed by atoms with Gasteiger partial charge >= 0.3 is 18.2 Å². The predicted octanol–water partition coefficient (Wildman–Crippen LogP) is 1.92. The van der Waals surface area contributed by atoms with E-state index in [0.29, 0.717) is 0 Å². The number of carbonyl (C=O) groups is 2. The van der Waals surface area contributed by atoms with E-state index in [2.05, 4.69) is 5.32 Å². The van der Waals surface area contributed by atoms with Crippen molar-refractivity contribution in [3.63, 3.8) is 0 Å². The third kappa shape index (κ3) is 3.77. The van der Waals surface area contributed by atoms with Gasteiger partial charge < -0.3 is 15.3 Å². The Kier molecular flexibility index (Phi) is 4.24. The van der Waals surface area contributed by atoms with Crippen LogP contribution in [-0.2, 0) is 4.79 Å². The van der Waals surface area contributed by atoms with Crippen molar-refractivity contribution in [1.82, 2.24) is 10.2 Å². The van der Waals surface area contributed by atoms with Gasteiger partial charge in [-0.2, -0.15) is 13.2 Å². The normalized spacial score (nSPS) is 25.7. The van der Waals surface area contributed by atoms with Crippen LogP contribution in [0, 0.1) is 5.92 Å². The molecule has 0 aromatic rings. The molecule has 2 atom stereocenters. The standard InChI is InChI=1S/C13H15F3N2O3/c14-13(15,16)9-3-5-18(6-4-9)12(21)17-10-2-1-8(7-10)11(19)20/h1-3,8,10H,4-7H2,(H,17,21)(H,19,20). The molecule has 0 saturated heterocycles. The van der Waals surface area contributed by atoms with Crippen molar-refractivity contribution < 1.29 is 27.9 Å². The molecule has 5 nitrogen and oxygen atoms in total. The lowest BCUT2D eigenvalue weighted by Crippen LogP contribution is -2.46. The second kappa shape index (κ2) is 5.79. The van der Waals surface area contributed by atoms with Crippen LogP contribution in [0.15, 0.2) is 23.8 Å². The van der Waals surface area contributed by atoms with Gasteiger partial charge in [-0.05, 0) is 12.8 Å². The Bertz CT molecular complexity index is 499. The second-order valence-electron chi connectivity index (χ2n) is 5.04. The van der Waals surface area contributed by atoms with Gasteiger partial charge in [0.25, 0.3) is 0 Å². The molecule has 0 saturated carbocycles. The van der Waals surface area contributed by atoms with E-state index in [1.165, 1.54) is 11.0 Å². The molecule has 21 heavy (non-hydrogen) atoms. The molecule has 0 aromatic carbocycles. The first kappa shape index (κ1) is 15.4. The van der Waals surface area contributed by atoms with Gasteiger partial charge in [0.1, 0.15) is 0 Å². The fraction of sp³-hybridized carbons (Fsp3) is 0.538. The number of carboxylic acids is 1. The Morgan fingerprint density at radius 3 is 2.52 bits per heavy atom. The highest BCUT2D eigenvalue weighted by atomic mass is 19.4. The third-order valence-electron chi connectivity index (χ3n) is 3.57. The minimum Gasteiger partial charge on any atom is -0.481 e. The number of nitrogens with zero attached hydrogens (tertiary/aromatic N) is 1. The molecule has 1 heterocycles. The van der Waals surface area contributed by atoms with Crippen LogP contribution >= 0.6 is 0 Å². The van der Waals surface area contributed by atoms with Crippen LogP contribution in [0.5, 0.6) is 0 Å². The highest BCUT2D eigenvalue weighted by Crippen LogP contribution is 2.30. The van der Waals surface area contributed by atoms with Crippen molar-refractivity contribution in [3.8, 4) is 0 Å². The predicted molar refractivity (Wildman–Crippen MR) is 67.5 cm³/mol. The number of nitrogens with one attached hydrogen (secondary N) is 1. The number of halogens is 3. The molecule has 116 valence electrons. The zero-order valence-electron chi connectivity index (χ0n) is 11.1. The highest BCUT2D eigenvalue weighted by Gasteiger charge is 2.35. The maximum Gasteiger partial charge on any atom is 0.412 e. The minimum atomic E-state index is -4.34. The molecule has 0 radical (unpaired) electrons. The van der Waals surface area contributed by atoms with Gasteiger partial charge in [-0.25, -0.2) is 4.79 Å². The van der Waals surface area contributed by atoms with E-state index < -0.39 is 35.7 Å². The number of rotatable bonds is 2. The van der Waals surface area contributed by atoms with E-state index in [1.807, 2.05) is 0 Å². The average Bonchev–Trinajstić information content (AvgIpc) is 2.86. The summed E-state index contributed by atoms with van der Waals surface area (Å²) in [7, 11) is 0. The molecular formula is C13H15F3N2O3. The Balaban J connectivity index is 1.85. The summed E-state index contributed by atoms with van der Waals surface area (Å²) in [5.41, 5.74) is -0.613. The fourth-order valence-corrected chi connectivity index (χ4v) is 2.35. The Labute approximate surface area is 119 Å². The number of carbonyl (C=O) groups excluding carboxylic acids is 1. The highest BCUT2D eigenvalue weighted by molar-refractivity contribution is 5.76. The van der Waals surface area contributed by atoms with E-state index in [9.17, 15) is 22.8 Å². The largest absolute Gasteiger partial charge is 0.481 e. The first-order valence-electron chi connectivity index (χ1n) is 6.50. The summed E-state index contributed by atoms with van der Waals surface area (Å²) >= 11 is 0. The molecule has 0 bridgehead atoms. The molecule has 8 heteroatoms. The van der Waals surface area contributed by atoms with Crippen molar-refractivity contribution >= 4 is 12.0 Å². The number of urea groups is 1. The van der Waals surface area contributed by atoms with E-state index in [1.54, 1.807) is 6.08 Å². The van der Waals surface area contributed by atoms with Crippen LogP contribution in [0.2, 0.25) is 0 Å². The van der Waals surface area contributed by atoms with Gasteiger partial charge in [0.2, 0.25) is 0 Å². The van der Waals surface area contributed by atoms with Crippen LogP contribution in [0.3, 0.4) is 0 Å². The molecule has 1 aliphatic carbocycles. The summed E-state index contributed by atoms with van der Waals surface area (Å²) < 4.78 is 37.4. The first-order valence-corrected chi connectivity index (χ1v) is 6.50. The number of carboxylic acid groups (broad SMARTS) is 1. The number of hydrogen-bond donors (Lipinski definition) is 2. The van der Waals surface area contributed by atoms with E-state index >= 15 is 0 Å². The molecular weight excluding hydrogens is 289 g/mol. The van der Waals surface area contributed by atoms with E-state index in [0.717, 1.165) is 6.08 Å². The summed E-state index contributed by atoms with van der Waals surface area (Å²) in [4.78, 5) is 24.0. The molecule has 2 rings (SSSR count). The zero-order valence-corrected chi connectivity index (χ0v) is 11.1. The Hall–Kier alpha value is -1.99. The molecule has 2 unspecified atom stereocenters. The fourth-order valence-electron chi connectivity index (χ4n) is 2.35. The van der Waals surface area contributed by atoms with Gasteiger partial charge in [0, 0.05) is 18.7 Å². The number of amides is 2. The van der Waals surface area contributed by atoms with Crippen LogP contribution in [0.4, 0.5) is 18.0 Å². The second-order valence-corrected chi connectivity index (χ2v) is 5.04. The van der Waals surface area contributed by atoms with Crippen molar-refractivity contribution in [3.05, 3.63) is 23.8 Å². The summed E-state index contributed by atoms with van der Waals surface area (Å²) in [5.74, 6) is -1.59. The van der Waals surface area contributed by atoms with Gasteiger partial charge in [-0.3, -0.25) is 4.79 Å². The average molecular weight is 304 g/mol. The molecule has 2 aliphatic rings. The van der Waals surface area contributed by atoms with Gasteiger partial charge in [0.15, 0.2) is 0 Å². The van der Waals surface area contributed by atoms with Crippen LogP contribution < -0.4 is 5.32 Å². The quantitative estimate of drug-likeness (QED) is 0.766. The van der Waals surface area contributed by atoms with Crippen molar-refractivity contribution in [2.45, 2.75) is 25.1 Å². The lowest BCUT2D eigenvalue weighted by molar-refractivity contribution is -0.140. The van der Waals surface area contributed by atoms with Crippen molar-refractivity contribution in [2.24, 2.45) is 5.92 Å². The Morgan fingerprint density at radius 2 is 2.05 bits per heavy atom. The summed E-state index contributed by atoms with van der Waals surface area (Å²) in [6, 6.07) is -0.875. The maximum absolute atomic E-state index is 12.5. The molecule has 1 aliphatic heterocycles. The molecule has 0 aromatic heterocycles.